The summed E-state index contributed by atoms with van der Waals surface area (Å²) < 4.78 is 2.21. The molecule has 142 valence electrons. The number of hydrogen-bond donors (Lipinski definition) is 0. The van der Waals surface area contributed by atoms with E-state index in [1.165, 1.54) is 27.9 Å². The molecule has 0 unspecified atom stereocenters. The van der Waals surface area contributed by atoms with Crippen LogP contribution in [0.5, 0.6) is 0 Å². The highest BCUT2D eigenvalue weighted by molar-refractivity contribution is 6.24. The van der Waals surface area contributed by atoms with Gasteiger partial charge in [-0.3, -0.25) is 4.57 Å². The average molecular weight is 381 g/mol. The van der Waals surface area contributed by atoms with Gasteiger partial charge in [0.15, 0.2) is 0 Å². The molecule has 27 heavy (non-hydrogen) atoms. The Bertz CT molecular complexity index is 951. The number of benzene rings is 2. The van der Waals surface area contributed by atoms with Crippen LogP contribution in [-0.2, 0) is 5.41 Å². The van der Waals surface area contributed by atoms with E-state index in [1.54, 1.807) is 0 Å². The normalized spacial score (nSPS) is 12.4. The molecule has 2 aromatic carbocycles. The third-order valence-corrected chi connectivity index (χ3v) is 6.32. The van der Waals surface area contributed by atoms with Crippen LogP contribution >= 0.6 is 11.6 Å². The molecule has 0 aliphatic carbocycles. The molecule has 2 nitrogen and oxygen atoms in total. The third kappa shape index (κ3) is 3.43. The quantitative estimate of drug-likeness (QED) is 0.457. The molecule has 3 rings (SSSR count). The highest BCUT2D eigenvalue weighted by Crippen LogP contribution is 2.43. The van der Waals surface area contributed by atoms with Crippen molar-refractivity contribution >= 4 is 11.6 Å². The lowest BCUT2D eigenvalue weighted by Crippen LogP contribution is -2.38. The summed E-state index contributed by atoms with van der Waals surface area (Å²) in [5.41, 5.74) is 7.09. The van der Waals surface area contributed by atoms with Gasteiger partial charge in [0.05, 0.1) is 5.69 Å². The highest BCUT2D eigenvalue weighted by atomic mass is 35.5. The summed E-state index contributed by atoms with van der Waals surface area (Å²) in [6, 6.07) is 12.9. The SMILES string of the molecule is Cc1cc(C)c(-n2ccnc2-c2ccccc2C(C)(C)C(C)(C)Cl)c(C)c1. The number of aryl methyl sites for hydroxylation is 3. The second-order valence-corrected chi connectivity index (χ2v) is 9.46. The lowest BCUT2D eigenvalue weighted by atomic mass is 9.72. The molecule has 0 fully saturated rings. The van der Waals surface area contributed by atoms with Gasteiger partial charge < -0.3 is 0 Å². The summed E-state index contributed by atoms with van der Waals surface area (Å²) in [6.07, 6.45) is 3.93. The zero-order chi connectivity index (χ0) is 20.0. The molecule has 1 heterocycles. The van der Waals surface area contributed by atoms with E-state index in [0.29, 0.717) is 0 Å². The van der Waals surface area contributed by atoms with Crippen molar-refractivity contribution in [2.45, 2.75) is 58.8 Å². The largest absolute Gasteiger partial charge is 0.299 e. The maximum atomic E-state index is 6.79. The smallest absolute Gasteiger partial charge is 0.144 e. The topological polar surface area (TPSA) is 17.8 Å². The Balaban J connectivity index is 2.25. The zero-order valence-corrected chi connectivity index (χ0v) is 18.1. The second kappa shape index (κ2) is 6.83. The first-order valence-corrected chi connectivity index (χ1v) is 9.82. The summed E-state index contributed by atoms with van der Waals surface area (Å²) in [7, 11) is 0. The molecule has 0 aliphatic heterocycles. The first-order valence-electron chi connectivity index (χ1n) is 9.44. The Labute approximate surface area is 168 Å². The number of alkyl halides is 1. The van der Waals surface area contributed by atoms with Gasteiger partial charge >= 0.3 is 0 Å². The fourth-order valence-corrected chi connectivity index (χ4v) is 3.88. The van der Waals surface area contributed by atoms with Gasteiger partial charge in [-0.15, -0.1) is 11.6 Å². The summed E-state index contributed by atoms with van der Waals surface area (Å²) >= 11 is 6.79. The van der Waals surface area contributed by atoms with Crippen molar-refractivity contribution in [3.05, 3.63) is 71.0 Å². The average Bonchev–Trinajstić information content (AvgIpc) is 3.02. The lowest BCUT2D eigenvalue weighted by Gasteiger charge is -2.38. The minimum Gasteiger partial charge on any atom is -0.299 e. The van der Waals surface area contributed by atoms with Crippen molar-refractivity contribution < 1.29 is 0 Å². The van der Waals surface area contributed by atoms with Gasteiger partial charge in [0, 0.05) is 28.2 Å². The molecule has 0 saturated carbocycles. The Hall–Kier alpha value is -2.06. The minimum atomic E-state index is -0.393. The predicted octanol–water partition coefficient (Wildman–Crippen LogP) is 6.76. The number of halogens is 1. The van der Waals surface area contributed by atoms with Crippen molar-refractivity contribution in [1.82, 2.24) is 9.55 Å². The first kappa shape index (κ1) is 19.7. The third-order valence-electron chi connectivity index (χ3n) is 5.84. The van der Waals surface area contributed by atoms with Crippen LogP contribution in [0.25, 0.3) is 17.1 Å². The van der Waals surface area contributed by atoms with Crippen LogP contribution in [0.4, 0.5) is 0 Å². The van der Waals surface area contributed by atoms with Gasteiger partial charge in [-0.1, -0.05) is 55.8 Å². The Morgan fingerprint density at radius 1 is 0.926 bits per heavy atom. The van der Waals surface area contributed by atoms with E-state index in [2.05, 4.69) is 95.6 Å². The number of aromatic nitrogens is 2. The molecular weight excluding hydrogens is 352 g/mol. The van der Waals surface area contributed by atoms with Crippen LogP contribution in [0.1, 0.15) is 49.9 Å². The minimum absolute atomic E-state index is 0.223. The molecule has 0 amide bonds. The van der Waals surface area contributed by atoms with Crippen molar-refractivity contribution in [2.75, 3.05) is 0 Å². The van der Waals surface area contributed by atoms with E-state index >= 15 is 0 Å². The lowest BCUT2D eigenvalue weighted by molar-refractivity contribution is 0.404. The first-order chi connectivity index (χ1) is 12.5. The van der Waals surface area contributed by atoms with Crippen LogP contribution in [-0.4, -0.2) is 14.4 Å². The van der Waals surface area contributed by atoms with Crippen LogP contribution in [0.3, 0.4) is 0 Å². The van der Waals surface area contributed by atoms with Crippen molar-refractivity contribution in [2.24, 2.45) is 0 Å². The van der Waals surface area contributed by atoms with Crippen LogP contribution in [0.2, 0.25) is 0 Å². The van der Waals surface area contributed by atoms with E-state index < -0.39 is 4.87 Å². The fraction of sp³-hybridized carbons (Fsp3) is 0.375. The molecule has 0 saturated heterocycles. The van der Waals surface area contributed by atoms with Crippen LogP contribution in [0, 0.1) is 20.8 Å². The predicted molar refractivity (Wildman–Crippen MR) is 116 cm³/mol. The molecule has 0 N–H and O–H groups in total. The molecule has 0 bridgehead atoms. The molecule has 1 aromatic heterocycles. The van der Waals surface area contributed by atoms with Gasteiger partial charge in [-0.05, 0) is 51.3 Å². The summed E-state index contributed by atoms with van der Waals surface area (Å²) in [4.78, 5) is 4.35. The Morgan fingerprint density at radius 2 is 1.52 bits per heavy atom. The standard InChI is InChI=1S/C24H29ClN2/c1-16-14-17(2)21(18(3)15-16)27-13-12-26-22(27)19-10-8-9-11-20(19)23(4,5)24(6,7)25/h8-15H,1-7H3. The second-order valence-electron chi connectivity index (χ2n) is 8.51. The van der Waals surface area contributed by atoms with Crippen molar-refractivity contribution in [3.8, 4) is 17.1 Å². The van der Waals surface area contributed by atoms with E-state index in [-0.39, 0.29) is 5.41 Å². The van der Waals surface area contributed by atoms with E-state index in [9.17, 15) is 0 Å². The van der Waals surface area contributed by atoms with Crippen molar-refractivity contribution in [1.29, 1.82) is 0 Å². The number of rotatable bonds is 4. The van der Waals surface area contributed by atoms with Gasteiger partial charge in [-0.2, -0.15) is 0 Å². The highest BCUT2D eigenvalue weighted by Gasteiger charge is 2.38. The van der Waals surface area contributed by atoms with E-state index in [1.807, 2.05) is 6.20 Å². The van der Waals surface area contributed by atoms with E-state index in [0.717, 1.165) is 11.4 Å². The molecule has 0 aliphatic rings. The van der Waals surface area contributed by atoms with Crippen LogP contribution < -0.4 is 0 Å². The molecule has 0 atom stereocenters. The molecular formula is C24H29ClN2. The molecule has 0 spiro atoms. The molecule has 3 heteroatoms. The van der Waals surface area contributed by atoms with Gasteiger partial charge in [0.2, 0.25) is 0 Å². The summed E-state index contributed by atoms with van der Waals surface area (Å²) in [6.45, 7) is 15.0. The number of hydrogen-bond acceptors (Lipinski definition) is 1. The molecule has 0 radical (unpaired) electrons. The van der Waals surface area contributed by atoms with Crippen LogP contribution in [0.15, 0.2) is 48.8 Å². The van der Waals surface area contributed by atoms with Crippen molar-refractivity contribution in [3.63, 3.8) is 0 Å². The van der Waals surface area contributed by atoms with Gasteiger partial charge in [-0.25, -0.2) is 4.98 Å². The molecule has 3 aromatic rings. The van der Waals surface area contributed by atoms with Gasteiger partial charge in [0.1, 0.15) is 5.82 Å². The van der Waals surface area contributed by atoms with E-state index in [4.69, 9.17) is 16.6 Å². The Morgan fingerprint density at radius 3 is 2.11 bits per heavy atom. The maximum Gasteiger partial charge on any atom is 0.144 e. The monoisotopic (exact) mass is 380 g/mol. The summed E-state index contributed by atoms with van der Waals surface area (Å²) in [5, 5.41) is 0. The summed E-state index contributed by atoms with van der Waals surface area (Å²) in [5.74, 6) is 0.953. The zero-order valence-electron chi connectivity index (χ0n) is 17.4. The number of imidazole rings is 1. The number of nitrogens with zero attached hydrogens (tertiary/aromatic N) is 2. The van der Waals surface area contributed by atoms with Gasteiger partial charge in [0.25, 0.3) is 0 Å². The Kier molecular flexibility index (Phi) is 4.98. The fourth-order valence-electron chi connectivity index (χ4n) is 3.78. The maximum absolute atomic E-state index is 6.79.